The standard InChI is InChI=1S/C11H16BrClN2S/c1-14-8-3-2-4-15(6-8)7-9-5-10(12)11(13)16-9/h5,8,14H,2-4,6-7H2,1H3. The van der Waals surface area contributed by atoms with Crippen LogP contribution in [0, 0.1) is 0 Å². The minimum atomic E-state index is 0.646. The Morgan fingerprint density at radius 3 is 3.12 bits per heavy atom. The summed E-state index contributed by atoms with van der Waals surface area (Å²) in [7, 11) is 2.05. The smallest absolute Gasteiger partial charge is 0.107 e. The molecule has 1 aromatic heterocycles. The Kier molecular flexibility index (Phi) is 4.67. The molecule has 5 heteroatoms. The molecule has 0 spiro atoms. The maximum Gasteiger partial charge on any atom is 0.107 e. The lowest BCUT2D eigenvalue weighted by Crippen LogP contribution is -2.43. The fourth-order valence-corrected chi connectivity index (χ4v) is 3.96. The molecule has 2 heterocycles. The normalized spacial score (nSPS) is 22.6. The highest BCUT2D eigenvalue weighted by atomic mass is 79.9. The zero-order chi connectivity index (χ0) is 11.5. The van der Waals surface area contributed by atoms with E-state index in [1.54, 1.807) is 11.3 Å². The van der Waals surface area contributed by atoms with Crippen molar-refractivity contribution in [3.63, 3.8) is 0 Å². The molecule has 0 aromatic carbocycles. The van der Waals surface area contributed by atoms with Gasteiger partial charge in [-0.15, -0.1) is 11.3 Å². The number of hydrogen-bond donors (Lipinski definition) is 1. The molecule has 0 saturated carbocycles. The molecule has 1 aromatic rings. The highest BCUT2D eigenvalue weighted by Gasteiger charge is 2.19. The number of hydrogen-bond acceptors (Lipinski definition) is 3. The number of nitrogens with zero attached hydrogens (tertiary/aromatic N) is 1. The van der Waals surface area contributed by atoms with Crippen LogP contribution in [0.2, 0.25) is 4.34 Å². The molecular weight excluding hydrogens is 308 g/mol. The third-order valence-electron chi connectivity index (χ3n) is 2.99. The van der Waals surface area contributed by atoms with E-state index in [0.717, 1.165) is 21.9 Å². The predicted octanol–water partition coefficient (Wildman–Crippen LogP) is 3.35. The Hall–Kier alpha value is 0.390. The fraction of sp³-hybridized carbons (Fsp3) is 0.636. The lowest BCUT2D eigenvalue weighted by molar-refractivity contribution is 0.189. The first-order chi connectivity index (χ1) is 7.69. The third-order valence-corrected chi connectivity index (χ3v) is 5.45. The van der Waals surface area contributed by atoms with Crippen molar-refractivity contribution in [2.24, 2.45) is 0 Å². The van der Waals surface area contributed by atoms with Gasteiger partial charge < -0.3 is 5.32 Å². The fourth-order valence-electron chi connectivity index (χ4n) is 2.12. The Morgan fingerprint density at radius 1 is 1.69 bits per heavy atom. The van der Waals surface area contributed by atoms with E-state index >= 15 is 0 Å². The molecule has 1 aliphatic heterocycles. The largest absolute Gasteiger partial charge is 0.316 e. The summed E-state index contributed by atoms with van der Waals surface area (Å²) in [6, 6.07) is 2.78. The van der Waals surface area contributed by atoms with Crippen LogP contribution < -0.4 is 5.32 Å². The lowest BCUT2D eigenvalue weighted by atomic mass is 10.1. The first-order valence-corrected chi connectivity index (χ1v) is 7.51. The van der Waals surface area contributed by atoms with Crippen LogP contribution in [0.5, 0.6) is 0 Å². The molecule has 0 aliphatic carbocycles. The zero-order valence-corrected chi connectivity index (χ0v) is 12.5. The summed E-state index contributed by atoms with van der Waals surface area (Å²) in [5.41, 5.74) is 0. The number of likely N-dealkylation sites (tertiary alicyclic amines) is 1. The zero-order valence-electron chi connectivity index (χ0n) is 9.30. The van der Waals surface area contributed by atoms with E-state index < -0.39 is 0 Å². The van der Waals surface area contributed by atoms with Crippen LogP contribution in [0.4, 0.5) is 0 Å². The second-order valence-corrected chi connectivity index (χ2v) is 6.79. The molecule has 1 unspecified atom stereocenters. The monoisotopic (exact) mass is 322 g/mol. The molecule has 16 heavy (non-hydrogen) atoms. The second kappa shape index (κ2) is 5.83. The van der Waals surface area contributed by atoms with Gasteiger partial charge in [0.2, 0.25) is 0 Å². The van der Waals surface area contributed by atoms with Crippen molar-refractivity contribution in [2.75, 3.05) is 20.1 Å². The Morgan fingerprint density at radius 2 is 2.50 bits per heavy atom. The van der Waals surface area contributed by atoms with E-state index in [0.29, 0.717) is 6.04 Å². The van der Waals surface area contributed by atoms with Crippen molar-refractivity contribution in [3.05, 3.63) is 19.8 Å². The second-order valence-electron chi connectivity index (χ2n) is 4.20. The van der Waals surface area contributed by atoms with Crippen LogP contribution in [0.15, 0.2) is 10.5 Å². The highest BCUT2D eigenvalue weighted by Crippen LogP contribution is 2.32. The Bertz CT molecular complexity index is 336. The Balaban J connectivity index is 1.93. The predicted molar refractivity (Wildman–Crippen MR) is 74.4 cm³/mol. The molecule has 2 nitrogen and oxygen atoms in total. The molecule has 0 bridgehead atoms. The summed E-state index contributed by atoms with van der Waals surface area (Å²) in [6.07, 6.45) is 2.58. The summed E-state index contributed by atoms with van der Waals surface area (Å²) in [5.74, 6) is 0. The number of thiophene rings is 1. The molecule has 1 aliphatic rings. The Labute approximate surface area is 114 Å². The topological polar surface area (TPSA) is 15.3 Å². The number of halogens is 2. The average Bonchev–Trinajstić information content (AvgIpc) is 2.58. The number of nitrogens with one attached hydrogen (secondary N) is 1. The number of piperidine rings is 1. The summed E-state index contributed by atoms with van der Waals surface area (Å²) in [4.78, 5) is 3.84. The van der Waals surface area contributed by atoms with Gasteiger partial charge in [-0.05, 0) is 48.4 Å². The van der Waals surface area contributed by atoms with Gasteiger partial charge in [-0.3, -0.25) is 4.90 Å². The van der Waals surface area contributed by atoms with Crippen molar-refractivity contribution in [2.45, 2.75) is 25.4 Å². The van der Waals surface area contributed by atoms with Crippen LogP contribution in [0.3, 0.4) is 0 Å². The van der Waals surface area contributed by atoms with Gasteiger partial charge in [0.05, 0.1) is 0 Å². The van der Waals surface area contributed by atoms with Gasteiger partial charge in [-0.1, -0.05) is 11.6 Å². The highest BCUT2D eigenvalue weighted by molar-refractivity contribution is 9.10. The molecule has 1 fully saturated rings. The first-order valence-electron chi connectivity index (χ1n) is 5.52. The van der Waals surface area contributed by atoms with Gasteiger partial charge in [0.1, 0.15) is 4.34 Å². The van der Waals surface area contributed by atoms with Crippen LogP contribution in [0.25, 0.3) is 0 Å². The van der Waals surface area contributed by atoms with Crippen molar-refractivity contribution >= 4 is 38.9 Å². The summed E-state index contributed by atoms with van der Waals surface area (Å²) < 4.78 is 1.88. The van der Waals surface area contributed by atoms with E-state index in [1.807, 2.05) is 7.05 Å². The molecule has 0 radical (unpaired) electrons. The van der Waals surface area contributed by atoms with Gasteiger partial charge in [0.25, 0.3) is 0 Å². The van der Waals surface area contributed by atoms with Crippen molar-refractivity contribution in [1.29, 1.82) is 0 Å². The lowest BCUT2D eigenvalue weighted by Gasteiger charge is -2.32. The van der Waals surface area contributed by atoms with Crippen LogP contribution >= 0.6 is 38.9 Å². The molecule has 1 N–H and O–H groups in total. The van der Waals surface area contributed by atoms with Gasteiger partial charge in [0, 0.05) is 28.5 Å². The minimum absolute atomic E-state index is 0.646. The van der Waals surface area contributed by atoms with Crippen molar-refractivity contribution in [3.8, 4) is 0 Å². The van der Waals surface area contributed by atoms with Crippen molar-refractivity contribution < 1.29 is 0 Å². The van der Waals surface area contributed by atoms with E-state index in [1.165, 1.54) is 24.3 Å². The van der Waals surface area contributed by atoms with Gasteiger partial charge >= 0.3 is 0 Å². The first kappa shape index (κ1) is 12.8. The summed E-state index contributed by atoms with van der Waals surface area (Å²) in [6.45, 7) is 3.36. The summed E-state index contributed by atoms with van der Waals surface area (Å²) in [5, 5.41) is 3.36. The average molecular weight is 324 g/mol. The number of rotatable bonds is 3. The maximum absolute atomic E-state index is 6.04. The van der Waals surface area contributed by atoms with Crippen LogP contribution in [0.1, 0.15) is 17.7 Å². The van der Waals surface area contributed by atoms with Crippen LogP contribution in [-0.2, 0) is 6.54 Å². The molecule has 90 valence electrons. The van der Waals surface area contributed by atoms with Gasteiger partial charge in [0.15, 0.2) is 0 Å². The molecule has 2 rings (SSSR count). The SMILES string of the molecule is CNC1CCCN(Cc2cc(Br)c(Cl)s2)C1. The summed E-state index contributed by atoms with van der Waals surface area (Å²) >= 11 is 11.2. The van der Waals surface area contributed by atoms with E-state index in [9.17, 15) is 0 Å². The quantitative estimate of drug-likeness (QED) is 0.917. The molecule has 1 atom stereocenters. The van der Waals surface area contributed by atoms with Crippen molar-refractivity contribution in [1.82, 2.24) is 10.2 Å². The van der Waals surface area contributed by atoms with Gasteiger partial charge in [-0.25, -0.2) is 0 Å². The molecule has 1 saturated heterocycles. The van der Waals surface area contributed by atoms with E-state index in [-0.39, 0.29) is 0 Å². The van der Waals surface area contributed by atoms with E-state index in [4.69, 9.17) is 11.6 Å². The number of likely N-dealkylation sites (N-methyl/N-ethyl adjacent to an activating group) is 1. The van der Waals surface area contributed by atoms with Gasteiger partial charge in [-0.2, -0.15) is 0 Å². The molecule has 0 amide bonds. The van der Waals surface area contributed by atoms with Crippen LogP contribution in [-0.4, -0.2) is 31.1 Å². The minimum Gasteiger partial charge on any atom is -0.316 e. The molecular formula is C11H16BrClN2S. The third kappa shape index (κ3) is 3.20. The van der Waals surface area contributed by atoms with E-state index in [2.05, 4.69) is 32.2 Å². The maximum atomic E-state index is 6.04.